The summed E-state index contributed by atoms with van der Waals surface area (Å²) >= 11 is 0. The molecule has 3 aromatic carbocycles. The Morgan fingerprint density at radius 1 is 0.824 bits per heavy atom. The van der Waals surface area contributed by atoms with Gasteiger partial charge in [-0.05, 0) is 16.7 Å². The quantitative estimate of drug-likeness (QED) is 0.276. The van der Waals surface area contributed by atoms with E-state index in [0.717, 1.165) is 16.7 Å². The zero-order valence-corrected chi connectivity index (χ0v) is 19.0. The Morgan fingerprint density at radius 2 is 1.26 bits per heavy atom. The smallest absolute Gasteiger partial charge is 0.373 e. The van der Waals surface area contributed by atoms with Crippen molar-refractivity contribution in [1.29, 1.82) is 0 Å². The largest absolute Gasteiger partial charge is 0.523 e. The first kappa shape index (κ1) is 24.4. The SMILES string of the molecule is O=S(=O)(OC[C@@H]1CN(C(c2ccccc2)(c2ccccc2)c2ccccc2)CCO1)C(F)(F)F. The summed E-state index contributed by atoms with van der Waals surface area (Å²) in [4.78, 5) is 2.12. The minimum Gasteiger partial charge on any atom is -0.373 e. The summed E-state index contributed by atoms with van der Waals surface area (Å²) in [7, 11) is -5.71. The second-order valence-corrected chi connectivity index (χ2v) is 9.54. The van der Waals surface area contributed by atoms with Crippen LogP contribution in [-0.4, -0.2) is 51.2 Å². The molecule has 9 heteroatoms. The molecule has 1 fully saturated rings. The number of nitrogens with zero attached hydrogens (tertiary/aromatic N) is 1. The van der Waals surface area contributed by atoms with Crippen molar-refractivity contribution in [2.45, 2.75) is 17.2 Å². The Kier molecular flexibility index (Phi) is 7.09. The lowest BCUT2D eigenvalue weighted by atomic mass is 9.75. The van der Waals surface area contributed by atoms with E-state index in [1.165, 1.54) is 0 Å². The van der Waals surface area contributed by atoms with E-state index < -0.39 is 33.9 Å². The molecule has 0 unspecified atom stereocenters. The maximum absolute atomic E-state index is 12.8. The third kappa shape index (κ3) is 4.74. The standard InChI is InChI=1S/C25H24F3NO4S/c26-25(27,28)34(30,31)33-19-23-18-29(16-17-32-23)24(20-10-4-1-5-11-20,21-12-6-2-7-13-21)22-14-8-3-9-15-22/h1-15,23H,16-19H2/t23-/m0/s1. The lowest BCUT2D eigenvalue weighted by Crippen LogP contribution is -2.56. The highest BCUT2D eigenvalue weighted by atomic mass is 32.2. The van der Waals surface area contributed by atoms with Crippen LogP contribution in [0, 0.1) is 0 Å². The minimum absolute atomic E-state index is 0.159. The zero-order chi connectivity index (χ0) is 24.2. The predicted octanol–water partition coefficient (Wildman–Crippen LogP) is 4.55. The van der Waals surface area contributed by atoms with Gasteiger partial charge < -0.3 is 4.74 Å². The summed E-state index contributed by atoms with van der Waals surface area (Å²) in [6.45, 7) is 0.106. The second-order valence-electron chi connectivity index (χ2n) is 7.93. The highest BCUT2D eigenvalue weighted by molar-refractivity contribution is 7.87. The molecule has 0 N–H and O–H groups in total. The van der Waals surface area contributed by atoms with Crippen molar-refractivity contribution in [3.63, 3.8) is 0 Å². The molecular formula is C25H24F3NO4S. The first-order chi connectivity index (χ1) is 16.2. The van der Waals surface area contributed by atoms with E-state index in [-0.39, 0.29) is 13.2 Å². The van der Waals surface area contributed by atoms with Crippen LogP contribution in [0.15, 0.2) is 91.0 Å². The highest BCUT2D eigenvalue weighted by Crippen LogP contribution is 2.43. The van der Waals surface area contributed by atoms with Crippen LogP contribution >= 0.6 is 0 Å². The average Bonchev–Trinajstić information content (AvgIpc) is 2.85. The number of morpholine rings is 1. The predicted molar refractivity (Wildman–Crippen MR) is 121 cm³/mol. The van der Waals surface area contributed by atoms with E-state index in [4.69, 9.17) is 4.74 Å². The summed E-state index contributed by atoms with van der Waals surface area (Å²) < 4.78 is 71.0. The molecule has 5 nitrogen and oxygen atoms in total. The molecule has 1 aliphatic heterocycles. The number of halogens is 3. The van der Waals surface area contributed by atoms with Crippen molar-refractivity contribution in [1.82, 2.24) is 4.90 Å². The van der Waals surface area contributed by atoms with Gasteiger partial charge in [-0.15, -0.1) is 0 Å². The Balaban J connectivity index is 1.77. The number of benzene rings is 3. The molecule has 1 heterocycles. The zero-order valence-electron chi connectivity index (χ0n) is 18.2. The molecule has 0 amide bonds. The third-order valence-corrected chi connectivity index (χ3v) is 6.89. The van der Waals surface area contributed by atoms with E-state index in [2.05, 4.69) is 9.08 Å². The second kappa shape index (κ2) is 9.87. The normalized spacial score (nSPS) is 18.0. The van der Waals surface area contributed by atoms with E-state index in [1.54, 1.807) is 0 Å². The fourth-order valence-electron chi connectivity index (χ4n) is 4.44. The van der Waals surface area contributed by atoms with Crippen molar-refractivity contribution in [2.75, 3.05) is 26.3 Å². The highest BCUT2D eigenvalue weighted by Gasteiger charge is 2.48. The van der Waals surface area contributed by atoms with Gasteiger partial charge in [0, 0.05) is 13.1 Å². The van der Waals surface area contributed by atoms with Gasteiger partial charge in [0.05, 0.1) is 24.9 Å². The van der Waals surface area contributed by atoms with Gasteiger partial charge in [0.15, 0.2) is 0 Å². The van der Waals surface area contributed by atoms with Gasteiger partial charge in [0.1, 0.15) is 0 Å². The van der Waals surface area contributed by atoms with Crippen LogP contribution in [-0.2, 0) is 24.6 Å². The number of hydrogen-bond acceptors (Lipinski definition) is 5. The van der Waals surface area contributed by atoms with Gasteiger partial charge >= 0.3 is 15.6 Å². The molecule has 0 aliphatic carbocycles. The molecule has 0 radical (unpaired) electrons. The molecule has 0 spiro atoms. The van der Waals surface area contributed by atoms with Crippen LogP contribution in [0.4, 0.5) is 13.2 Å². The topological polar surface area (TPSA) is 55.8 Å². The molecule has 180 valence electrons. The Labute approximate surface area is 196 Å². The molecule has 1 atom stereocenters. The monoisotopic (exact) mass is 491 g/mol. The van der Waals surface area contributed by atoms with Crippen molar-refractivity contribution < 1.29 is 30.5 Å². The first-order valence-corrected chi connectivity index (χ1v) is 12.1. The molecule has 0 bridgehead atoms. The minimum atomic E-state index is -5.71. The molecule has 3 aromatic rings. The number of alkyl halides is 3. The number of ether oxygens (including phenoxy) is 1. The average molecular weight is 492 g/mol. The maximum Gasteiger partial charge on any atom is 0.523 e. The Morgan fingerprint density at radius 3 is 1.68 bits per heavy atom. The molecule has 4 rings (SSSR count). The van der Waals surface area contributed by atoms with Crippen molar-refractivity contribution in [3.8, 4) is 0 Å². The van der Waals surface area contributed by atoms with Crippen LogP contribution in [0.5, 0.6) is 0 Å². The molecule has 0 saturated carbocycles. The van der Waals surface area contributed by atoms with E-state index in [0.29, 0.717) is 6.54 Å². The summed E-state index contributed by atoms with van der Waals surface area (Å²) in [5.41, 5.74) is -3.36. The van der Waals surface area contributed by atoms with E-state index in [1.807, 2.05) is 91.0 Å². The van der Waals surface area contributed by atoms with Crippen LogP contribution in [0.25, 0.3) is 0 Å². The summed E-state index contributed by atoms with van der Waals surface area (Å²) in [5.74, 6) is 0. The molecule has 34 heavy (non-hydrogen) atoms. The van der Waals surface area contributed by atoms with Gasteiger partial charge in [-0.3, -0.25) is 9.08 Å². The fraction of sp³-hybridized carbons (Fsp3) is 0.280. The summed E-state index contributed by atoms with van der Waals surface area (Å²) in [6, 6.07) is 29.4. The van der Waals surface area contributed by atoms with E-state index >= 15 is 0 Å². The van der Waals surface area contributed by atoms with Crippen LogP contribution in [0.3, 0.4) is 0 Å². The summed E-state index contributed by atoms with van der Waals surface area (Å²) in [5, 5.41) is 0. The third-order valence-electron chi connectivity index (χ3n) is 5.88. The summed E-state index contributed by atoms with van der Waals surface area (Å²) in [6.07, 6.45) is -0.874. The lowest BCUT2D eigenvalue weighted by molar-refractivity contribution is -0.0799. The van der Waals surface area contributed by atoms with E-state index in [9.17, 15) is 21.6 Å². The molecule has 1 saturated heterocycles. The van der Waals surface area contributed by atoms with Crippen molar-refractivity contribution in [2.24, 2.45) is 0 Å². The van der Waals surface area contributed by atoms with Gasteiger partial charge in [-0.25, -0.2) is 0 Å². The van der Waals surface area contributed by atoms with Crippen molar-refractivity contribution >= 4 is 10.1 Å². The Bertz CT molecular complexity index is 1080. The van der Waals surface area contributed by atoms with Gasteiger partial charge in [0.2, 0.25) is 0 Å². The molecule has 0 aromatic heterocycles. The van der Waals surface area contributed by atoms with Crippen LogP contribution in [0.2, 0.25) is 0 Å². The molecule has 1 aliphatic rings. The lowest BCUT2D eigenvalue weighted by Gasteiger charge is -2.48. The van der Waals surface area contributed by atoms with Gasteiger partial charge in [0.25, 0.3) is 0 Å². The van der Waals surface area contributed by atoms with Crippen molar-refractivity contribution in [3.05, 3.63) is 108 Å². The first-order valence-electron chi connectivity index (χ1n) is 10.7. The number of hydrogen-bond donors (Lipinski definition) is 0. The number of rotatable bonds is 7. The van der Waals surface area contributed by atoms with Gasteiger partial charge in [-0.2, -0.15) is 21.6 Å². The maximum atomic E-state index is 12.8. The molecular weight excluding hydrogens is 467 g/mol. The Hall–Kier alpha value is -2.72. The fourth-order valence-corrected chi connectivity index (χ4v) is 4.91. The van der Waals surface area contributed by atoms with Gasteiger partial charge in [-0.1, -0.05) is 91.0 Å². The van der Waals surface area contributed by atoms with Crippen LogP contribution < -0.4 is 0 Å². The van der Waals surface area contributed by atoms with Crippen LogP contribution in [0.1, 0.15) is 16.7 Å².